The van der Waals surface area contributed by atoms with Gasteiger partial charge in [-0.2, -0.15) is 10.2 Å². The summed E-state index contributed by atoms with van der Waals surface area (Å²) in [6.07, 6.45) is -1.31. The average Bonchev–Trinajstić information content (AvgIpc) is 3.38. The number of nitrogens with one attached hydrogen (secondary N) is 1. The van der Waals surface area contributed by atoms with E-state index in [0.717, 1.165) is 11.3 Å². The van der Waals surface area contributed by atoms with E-state index in [2.05, 4.69) is 20.5 Å². The van der Waals surface area contributed by atoms with Gasteiger partial charge in [0.1, 0.15) is 21.9 Å². The molecule has 4 heterocycles. The fraction of sp³-hybridized carbons (Fsp3) is 0.286. The predicted octanol–water partition coefficient (Wildman–Crippen LogP) is 4.15. The van der Waals surface area contributed by atoms with E-state index in [-0.39, 0.29) is 21.9 Å². The lowest BCUT2D eigenvalue weighted by Gasteiger charge is -2.11. The highest BCUT2D eigenvalue weighted by Crippen LogP contribution is 2.43. The molecule has 4 rings (SSSR count). The first-order valence-corrected chi connectivity index (χ1v) is 11.2. The molecule has 0 bridgehead atoms. The number of thiophene rings is 1. The minimum Gasteiger partial charge on any atom is -0.365 e. The summed E-state index contributed by atoms with van der Waals surface area (Å²) in [5, 5.41) is 11.9. The molecule has 13 heteroatoms. The standard InChI is InChI=1S/C21H20ClF2N7O2S/c1-8-16(22)10(3)31(29-8)7-14(32)28-17-15-11(12-6-26-30(4)9(12)2)5-13(19(23)24)27-21(15)34-18(17)20(25)33/h5-6,19H,7H2,1-4H3,(H2,25,33)(H,28,32). The summed E-state index contributed by atoms with van der Waals surface area (Å²) in [5.74, 6) is -1.32. The monoisotopic (exact) mass is 507 g/mol. The molecule has 0 spiro atoms. The summed E-state index contributed by atoms with van der Waals surface area (Å²) in [6, 6.07) is 1.24. The minimum atomic E-state index is -2.84. The lowest BCUT2D eigenvalue weighted by Crippen LogP contribution is -2.22. The summed E-state index contributed by atoms with van der Waals surface area (Å²) in [7, 11) is 1.72. The van der Waals surface area contributed by atoms with Gasteiger partial charge in [-0.25, -0.2) is 13.8 Å². The highest BCUT2D eigenvalue weighted by atomic mass is 35.5. The summed E-state index contributed by atoms with van der Waals surface area (Å²) in [5.41, 5.74) is 8.02. The second-order valence-corrected chi connectivity index (χ2v) is 9.08. The van der Waals surface area contributed by atoms with Crippen molar-refractivity contribution in [3.05, 3.63) is 44.9 Å². The number of aromatic nitrogens is 5. The third kappa shape index (κ3) is 4.03. The molecule has 2 amide bonds. The van der Waals surface area contributed by atoms with E-state index in [1.54, 1.807) is 32.5 Å². The normalized spacial score (nSPS) is 11.5. The Bertz CT molecular complexity index is 1460. The maximum Gasteiger partial charge on any atom is 0.280 e. The quantitative estimate of drug-likeness (QED) is 0.406. The number of hydrogen-bond acceptors (Lipinski definition) is 6. The number of fused-ring (bicyclic) bond motifs is 1. The summed E-state index contributed by atoms with van der Waals surface area (Å²) < 4.78 is 30.3. The average molecular weight is 508 g/mol. The number of alkyl halides is 2. The number of carbonyl (C=O) groups excluding carboxylic acids is 2. The van der Waals surface area contributed by atoms with Crippen molar-refractivity contribution >= 4 is 50.7 Å². The molecule has 0 atom stereocenters. The van der Waals surface area contributed by atoms with Crippen molar-refractivity contribution in [3.63, 3.8) is 0 Å². The lowest BCUT2D eigenvalue weighted by molar-refractivity contribution is -0.116. The van der Waals surface area contributed by atoms with Crippen molar-refractivity contribution in [2.75, 3.05) is 5.32 Å². The second-order valence-electron chi connectivity index (χ2n) is 7.70. The molecular weight excluding hydrogens is 488 g/mol. The van der Waals surface area contributed by atoms with E-state index in [9.17, 15) is 18.4 Å². The number of anilines is 1. The molecule has 34 heavy (non-hydrogen) atoms. The van der Waals surface area contributed by atoms with Crippen LogP contribution in [0.2, 0.25) is 5.02 Å². The molecule has 9 nitrogen and oxygen atoms in total. The summed E-state index contributed by atoms with van der Waals surface area (Å²) in [4.78, 5) is 29.3. The van der Waals surface area contributed by atoms with Crippen molar-refractivity contribution in [1.82, 2.24) is 24.5 Å². The van der Waals surface area contributed by atoms with E-state index >= 15 is 0 Å². The van der Waals surface area contributed by atoms with Crippen LogP contribution in [0.25, 0.3) is 21.3 Å². The molecule has 0 saturated heterocycles. The highest BCUT2D eigenvalue weighted by molar-refractivity contribution is 7.21. The zero-order chi connectivity index (χ0) is 24.9. The van der Waals surface area contributed by atoms with Crippen molar-refractivity contribution in [2.45, 2.75) is 33.7 Å². The Kier molecular flexibility index (Phi) is 6.13. The van der Waals surface area contributed by atoms with Crippen LogP contribution >= 0.6 is 22.9 Å². The molecule has 4 aromatic heterocycles. The number of aryl methyl sites for hydroxylation is 2. The van der Waals surface area contributed by atoms with Gasteiger partial charge in [0.2, 0.25) is 5.91 Å². The van der Waals surface area contributed by atoms with Crippen LogP contribution < -0.4 is 11.1 Å². The van der Waals surface area contributed by atoms with E-state index in [1.165, 1.54) is 16.9 Å². The van der Waals surface area contributed by atoms with Gasteiger partial charge in [0.15, 0.2) is 0 Å². The maximum absolute atomic E-state index is 13.6. The van der Waals surface area contributed by atoms with Gasteiger partial charge in [-0.3, -0.25) is 19.0 Å². The van der Waals surface area contributed by atoms with Crippen LogP contribution in [0.5, 0.6) is 0 Å². The van der Waals surface area contributed by atoms with Crippen LogP contribution in [0.1, 0.15) is 38.9 Å². The Morgan fingerprint density at radius 3 is 2.47 bits per heavy atom. The van der Waals surface area contributed by atoms with Crippen LogP contribution in [0.3, 0.4) is 0 Å². The number of pyridine rings is 1. The molecular formula is C21H20ClF2N7O2S. The fourth-order valence-electron chi connectivity index (χ4n) is 3.64. The number of primary amides is 1. The number of halogens is 3. The molecule has 0 saturated carbocycles. The van der Waals surface area contributed by atoms with Crippen LogP contribution in [0, 0.1) is 20.8 Å². The molecule has 178 valence electrons. The van der Waals surface area contributed by atoms with Gasteiger partial charge < -0.3 is 11.1 Å². The van der Waals surface area contributed by atoms with Gasteiger partial charge in [-0.05, 0) is 32.4 Å². The van der Waals surface area contributed by atoms with Crippen LogP contribution in [-0.2, 0) is 18.4 Å². The smallest absolute Gasteiger partial charge is 0.280 e. The van der Waals surface area contributed by atoms with E-state index in [1.807, 2.05) is 0 Å². The van der Waals surface area contributed by atoms with Crippen LogP contribution in [0.15, 0.2) is 12.3 Å². The maximum atomic E-state index is 13.6. The van der Waals surface area contributed by atoms with Gasteiger partial charge in [0, 0.05) is 23.7 Å². The van der Waals surface area contributed by atoms with Crippen molar-refractivity contribution in [2.24, 2.45) is 12.8 Å². The van der Waals surface area contributed by atoms with Crippen LogP contribution in [-0.4, -0.2) is 36.4 Å². The number of rotatable bonds is 6. The first-order chi connectivity index (χ1) is 16.0. The first-order valence-electron chi connectivity index (χ1n) is 10.0. The van der Waals surface area contributed by atoms with E-state index in [0.29, 0.717) is 38.6 Å². The van der Waals surface area contributed by atoms with Crippen molar-refractivity contribution in [3.8, 4) is 11.1 Å². The second kappa shape index (κ2) is 8.76. The molecule has 0 aliphatic heterocycles. The van der Waals surface area contributed by atoms with Gasteiger partial charge >= 0.3 is 0 Å². The minimum absolute atomic E-state index is 0.00328. The molecule has 0 aliphatic carbocycles. The molecule has 4 aromatic rings. The number of hydrogen-bond donors (Lipinski definition) is 2. The topological polar surface area (TPSA) is 121 Å². The largest absolute Gasteiger partial charge is 0.365 e. The first kappa shape index (κ1) is 23.8. The van der Waals surface area contributed by atoms with Gasteiger partial charge in [0.05, 0.1) is 28.3 Å². The van der Waals surface area contributed by atoms with Crippen molar-refractivity contribution < 1.29 is 18.4 Å². The fourth-order valence-corrected chi connectivity index (χ4v) is 4.79. The highest BCUT2D eigenvalue weighted by Gasteiger charge is 2.26. The third-order valence-corrected chi connectivity index (χ3v) is 7.15. The predicted molar refractivity (Wildman–Crippen MR) is 125 cm³/mol. The van der Waals surface area contributed by atoms with E-state index < -0.39 is 23.9 Å². The van der Waals surface area contributed by atoms with Crippen LogP contribution in [0.4, 0.5) is 14.5 Å². The van der Waals surface area contributed by atoms with Crippen molar-refractivity contribution in [1.29, 1.82) is 0 Å². The van der Waals surface area contributed by atoms with Gasteiger partial charge in [-0.1, -0.05) is 11.6 Å². The molecule has 3 N–H and O–H groups in total. The number of carbonyl (C=O) groups is 2. The third-order valence-electron chi connectivity index (χ3n) is 5.51. The lowest BCUT2D eigenvalue weighted by atomic mass is 10.0. The number of nitrogens with zero attached hydrogens (tertiary/aromatic N) is 5. The Morgan fingerprint density at radius 1 is 1.24 bits per heavy atom. The van der Waals surface area contributed by atoms with Gasteiger partial charge in [-0.15, -0.1) is 11.3 Å². The zero-order valence-corrected chi connectivity index (χ0v) is 20.2. The molecule has 0 radical (unpaired) electrons. The molecule has 0 unspecified atom stereocenters. The Labute approximate surface area is 201 Å². The zero-order valence-electron chi connectivity index (χ0n) is 18.6. The Balaban J connectivity index is 1.88. The summed E-state index contributed by atoms with van der Waals surface area (Å²) in [6.45, 7) is 5.04. The molecule has 0 aliphatic rings. The number of amides is 2. The SMILES string of the molecule is Cc1nn(CC(=O)Nc2c(C(N)=O)sc3nc(C(F)F)cc(-c4cnn(C)c4C)c23)c(C)c1Cl. The molecule has 0 fully saturated rings. The van der Waals surface area contributed by atoms with Gasteiger partial charge in [0.25, 0.3) is 12.3 Å². The molecule has 0 aromatic carbocycles. The number of nitrogens with two attached hydrogens (primary N) is 1. The Hall–Kier alpha value is -3.38. The summed E-state index contributed by atoms with van der Waals surface area (Å²) >= 11 is 7.00. The Morgan fingerprint density at radius 2 is 1.94 bits per heavy atom. The van der Waals surface area contributed by atoms with E-state index in [4.69, 9.17) is 17.3 Å².